The molecule has 0 aliphatic carbocycles. The van der Waals surface area contributed by atoms with Gasteiger partial charge in [-0.2, -0.15) is 17.6 Å². The number of hydrogen-bond donors (Lipinski definition) is 0. The van der Waals surface area contributed by atoms with Crippen LogP contribution in [0.3, 0.4) is 0 Å². The van der Waals surface area contributed by atoms with Gasteiger partial charge in [0.1, 0.15) is 11.3 Å². The Morgan fingerprint density at radius 1 is 0.864 bits per heavy atom. The lowest BCUT2D eigenvalue weighted by Crippen LogP contribution is -2.17. The Morgan fingerprint density at radius 2 is 1.45 bits per heavy atom. The monoisotopic (exact) mass is 325 g/mol. The van der Waals surface area contributed by atoms with Crippen molar-refractivity contribution in [2.45, 2.75) is 12.5 Å². The van der Waals surface area contributed by atoms with Crippen LogP contribution in [0.25, 0.3) is 11.1 Å². The van der Waals surface area contributed by atoms with Crippen LogP contribution in [0.2, 0.25) is 0 Å². The van der Waals surface area contributed by atoms with Gasteiger partial charge in [0.25, 0.3) is 0 Å². The van der Waals surface area contributed by atoms with Crippen molar-refractivity contribution in [1.29, 1.82) is 0 Å². The van der Waals surface area contributed by atoms with Crippen LogP contribution in [0.1, 0.15) is 5.56 Å². The number of hydrogen-bond acceptors (Lipinski definition) is 2. The van der Waals surface area contributed by atoms with E-state index in [2.05, 4.69) is 9.72 Å². The van der Waals surface area contributed by atoms with Crippen LogP contribution in [-0.2, 0) is 6.18 Å². The zero-order valence-electron chi connectivity index (χ0n) is 10.5. The second-order valence-electron chi connectivity index (χ2n) is 4.09. The molecule has 0 amide bonds. The van der Waals surface area contributed by atoms with Crippen molar-refractivity contribution in [1.82, 2.24) is 4.98 Å². The molecule has 0 atom stereocenters. The molecule has 0 bridgehead atoms. The number of benzene rings is 1. The molecule has 9 heteroatoms. The molecule has 1 heterocycles. The molecule has 0 aliphatic heterocycles. The lowest BCUT2D eigenvalue weighted by atomic mass is 10.0. The Hall–Kier alpha value is -2.32. The first kappa shape index (κ1) is 16.1. The molecule has 2 aromatic rings. The van der Waals surface area contributed by atoms with Gasteiger partial charge in [0, 0.05) is 11.8 Å². The van der Waals surface area contributed by atoms with E-state index in [1.165, 1.54) is 0 Å². The maximum atomic E-state index is 13.3. The number of pyridine rings is 1. The first-order valence-corrected chi connectivity index (χ1v) is 5.66. The highest BCUT2D eigenvalue weighted by Gasteiger charge is 2.38. The predicted molar refractivity (Wildman–Crippen MR) is 61.3 cm³/mol. The molecular weight excluding hydrogens is 319 g/mol. The smallest absolute Gasteiger partial charge is 0.406 e. The van der Waals surface area contributed by atoms with E-state index in [1.54, 1.807) is 0 Å². The standard InChI is InChI=1S/C13H6F7NO/c14-11-10(12(15,16)17)9(5-6-21-11)7-1-3-8(4-2-7)22-13(18,19)20/h1-6H. The van der Waals surface area contributed by atoms with Crippen molar-refractivity contribution in [2.75, 3.05) is 0 Å². The quantitative estimate of drug-likeness (QED) is 0.584. The SMILES string of the molecule is Fc1nccc(-c2ccc(OC(F)(F)F)cc2)c1C(F)(F)F. The molecule has 1 aromatic carbocycles. The molecule has 0 unspecified atom stereocenters. The van der Waals surface area contributed by atoms with E-state index in [0.29, 0.717) is 0 Å². The molecule has 0 fully saturated rings. The molecule has 0 saturated carbocycles. The summed E-state index contributed by atoms with van der Waals surface area (Å²) in [7, 11) is 0. The lowest BCUT2D eigenvalue weighted by Gasteiger charge is -2.14. The van der Waals surface area contributed by atoms with Crippen molar-refractivity contribution in [3.05, 3.63) is 48.0 Å². The Labute approximate surface area is 119 Å². The molecule has 0 N–H and O–H groups in total. The fourth-order valence-electron chi connectivity index (χ4n) is 1.78. The number of halogens is 7. The topological polar surface area (TPSA) is 22.1 Å². The zero-order valence-corrected chi connectivity index (χ0v) is 10.5. The van der Waals surface area contributed by atoms with Gasteiger partial charge in [0.15, 0.2) is 0 Å². The number of nitrogens with zero attached hydrogens (tertiary/aromatic N) is 1. The van der Waals surface area contributed by atoms with Gasteiger partial charge < -0.3 is 4.74 Å². The molecular formula is C13H6F7NO. The zero-order chi connectivity index (χ0) is 16.5. The van der Waals surface area contributed by atoms with Crippen LogP contribution >= 0.6 is 0 Å². The third-order valence-corrected chi connectivity index (χ3v) is 2.59. The summed E-state index contributed by atoms with van der Waals surface area (Å²) in [6.45, 7) is 0. The molecule has 0 radical (unpaired) electrons. The Kier molecular flexibility index (Phi) is 3.99. The highest BCUT2D eigenvalue weighted by atomic mass is 19.4. The van der Waals surface area contributed by atoms with Crippen LogP contribution < -0.4 is 4.74 Å². The van der Waals surface area contributed by atoms with Crippen LogP contribution in [0.15, 0.2) is 36.5 Å². The first-order chi connectivity index (χ1) is 10.1. The van der Waals surface area contributed by atoms with E-state index in [1.807, 2.05) is 0 Å². The maximum Gasteiger partial charge on any atom is 0.573 e. The third kappa shape index (κ3) is 3.66. The van der Waals surface area contributed by atoms with Crippen molar-refractivity contribution < 1.29 is 35.5 Å². The van der Waals surface area contributed by atoms with Gasteiger partial charge in [0.05, 0.1) is 0 Å². The lowest BCUT2D eigenvalue weighted by molar-refractivity contribution is -0.274. The van der Waals surface area contributed by atoms with Crippen molar-refractivity contribution >= 4 is 0 Å². The fraction of sp³-hybridized carbons (Fsp3) is 0.154. The summed E-state index contributed by atoms with van der Waals surface area (Å²) >= 11 is 0. The highest BCUT2D eigenvalue weighted by Crippen LogP contribution is 2.38. The maximum absolute atomic E-state index is 13.3. The molecule has 0 aliphatic rings. The van der Waals surface area contributed by atoms with Crippen molar-refractivity contribution in [3.8, 4) is 16.9 Å². The number of alkyl halides is 6. The Morgan fingerprint density at radius 3 is 1.95 bits per heavy atom. The van der Waals surface area contributed by atoms with Gasteiger partial charge in [-0.3, -0.25) is 0 Å². The van der Waals surface area contributed by atoms with E-state index in [-0.39, 0.29) is 5.56 Å². The molecule has 0 saturated heterocycles. The summed E-state index contributed by atoms with van der Waals surface area (Å²) in [5, 5.41) is 0. The minimum Gasteiger partial charge on any atom is -0.406 e. The summed E-state index contributed by atoms with van der Waals surface area (Å²) in [6, 6.07) is 4.52. The third-order valence-electron chi connectivity index (χ3n) is 2.59. The van der Waals surface area contributed by atoms with E-state index in [0.717, 1.165) is 36.5 Å². The highest BCUT2D eigenvalue weighted by molar-refractivity contribution is 5.68. The second-order valence-corrected chi connectivity index (χ2v) is 4.09. The summed E-state index contributed by atoms with van der Waals surface area (Å²) in [4.78, 5) is 2.94. The summed E-state index contributed by atoms with van der Waals surface area (Å²) < 4.78 is 91.5. The molecule has 0 spiro atoms. The van der Waals surface area contributed by atoms with E-state index < -0.39 is 35.4 Å². The van der Waals surface area contributed by atoms with Crippen molar-refractivity contribution in [2.24, 2.45) is 0 Å². The summed E-state index contributed by atoms with van der Waals surface area (Å²) in [6.07, 6.45) is -9.07. The van der Waals surface area contributed by atoms with Gasteiger partial charge in [-0.25, -0.2) is 4.98 Å². The molecule has 22 heavy (non-hydrogen) atoms. The number of aromatic nitrogens is 1. The van der Waals surface area contributed by atoms with Crippen LogP contribution in [0.4, 0.5) is 30.7 Å². The normalized spacial score (nSPS) is 12.3. The van der Waals surface area contributed by atoms with E-state index >= 15 is 0 Å². The summed E-state index contributed by atoms with van der Waals surface area (Å²) in [5.41, 5.74) is -2.24. The number of ether oxygens (including phenoxy) is 1. The Bertz CT molecular complexity index is 662. The van der Waals surface area contributed by atoms with Gasteiger partial charge in [-0.05, 0) is 23.8 Å². The Balaban J connectivity index is 2.43. The molecule has 118 valence electrons. The molecule has 2 nitrogen and oxygen atoms in total. The van der Waals surface area contributed by atoms with Crippen LogP contribution in [0, 0.1) is 5.95 Å². The second kappa shape index (κ2) is 5.47. The minimum absolute atomic E-state index is 0.122. The van der Waals surface area contributed by atoms with Crippen LogP contribution in [-0.4, -0.2) is 11.3 Å². The minimum atomic E-state index is -4.99. The summed E-state index contributed by atoms with van der Waals surface area (Å²) in [5.74, 6) is -2.31. The average Bonchev–Trinajstić information content (AvgIpc) is 2.36. The van der Waals surface area contributed by atoms with E-state index in [9.17, 15) is 30.7 Å². The average molecular weight is 325 g/mol. The van der Waals surface area contributed by atoms with Gasteiger partial charge in [-0.1, -0.05) is 12.1 Å². The predicted octanol–water partition coefficient (Wildman–Crippen LogP) is 4.81. The molecule has 2 rings (SSSR count). The molecule has 1 aromatic heterocycles. The fourth-order valence-corrected chi connectivity index (χ4v) is 1.78. The van der Waals surface area contributed by atoms with Gasteiger partial charge in [0.2, 0.25) is 5.95 Å². The van der Waals surface area contributed by atoms with Crippen molar-refractivity contribution in [3.63, 3.8) is 0 Å². The van der Waals surface area contributed by atoms with Crippen LogP contribution in [0.5, 0.6) is 5.75 Å². The first-order valence-electron chi connectivity index (χ1n) is 5.66. The largest absolute Gasteiger partial charge is 0.573 e. The van der Waals surface area contributed by atoms with Gasteiger partial charge >= 0.3 is 12.5 Å². The van der Waals surface area contributed by atoms with E-state index in [4.69, 9.17) is 0 Å². The number of rotatable bonds is 2. The van der Waals surface area contributed by atoms with Gasteiger partial charge in [-0.15, -0.1) is 13.2 Å².